The Bertz CT molecular complexity index is 707. The van der Waals surface area contributed by atoms with E-state index in [-0.39, 0.29) is 23.2 Å². The van der Waals surface area contributed by atoms with Gasteiger partial charge in [-0.25, -0.2) is 0 Å². The highest BCUT2D eigenvalue weighted by Crippen LogP contribution is 2.29. The summed E-state index contributed by atoms with van der Waals surface area (Å²) < 4.78 is 7.27. The van der Waals surface area contributed by atoms with E-state index in [1.807, 2.05) is 68.4 Å². The Balaban J connectivity index is 2.25. The van der Waals surface area contributed by atoms with Gasteiger partial charge in [0.25, 0.3) is 0 Å². The number of hydrogen-bond acceptors (Lipinski definition) is 5. The largest absolute Gasteiger partial charge is 0.495 e. The van der Waals surface area contributed by atoms with E-state index < -0.39 is 0 Å². The van der Waals surface area contributed by atoms with Crippen LogP contribution in [0.25, 0.3) is 5.69 Å². The van der Waals surface area contributed by atoms with Crippen LogP contribution in [0.15, 0.2) is 35.7 Å². The number of benzene rings is 1. The zero-order valence-electron chi connectivity index (χ0n) is 15.6. The van der Waals surface area contributed by atoms with Crippen molar-refractivity contribution in [3.63, 3.8) is 0 Å². The fourth-order valence-electron chi connectivity index (χ4n) is 2.82. The fourth-order valence-corrected chi connectivity index (χ4v) is 3.71. The lowest BCUT2D eigenvalue weighted by Gasteiger charge is -2.32. The van der Waals surface area contributed by atoms with Crippen molar-refractivity contribution in [2.24, 2.45) is 0 Å². The van der Waals surface area contributed by atoms with Crippen LogP contribution < -0.4 is 4.74 Å². The molecule has 1 heterocycles. The molecule has 1 unspecified atom stereocenters. The average Bonchev–Trinajstić information content (AvgIpc) is 3.01. The molecule has 1 aromatic heterocycles. The van der Waals surface area contributed by atoms with Gasteiger partial charge in [-0.05, 0) is 46.8 Å². The van der Waals surface area contributed by atoms with Crippen molar-refractivity contribution in [2.75, 3.05) is 7.11 Å². The lowest BCUT2D eigenvalue weighted by Crippen LogP contribution is -2.45. The first-order chi connectivity index (χ1) is 11.9. The number of hydrogen-bond donors (Lipinski definition) is 0. The molecule has 0 spiro atoms. The summed E-state index contributed by atoms with van der Waals surface area (Å²) >= 11 is 1.40. The van der Waals surface area contributed by atoms with Crippen molar-refractivity contribution in [1.82, 2.24) is 19.7 Å². The number of carbonyl (C=O) groups is 1. The maximum atomic E-state index is 12.8. The number of methoxy groups -OCH3 is 1. The van der Waals surface area contributed by atoms with Crippen molar-refractivity contribution in [3.8, 4) is 11.4 Å². The summed E-state index contributed by atoms with van der Waals surface area (Å²) in [4.78, 5) is 14.8. The zero-order valence-corrected chi connectivity index (χ0v) is 16.4. The lowest BCUT2D eigenvalue weighted by atomic mass is 10.2. The number of para-hydroxylation sites is 2. The fraction of sp³-hybridized carbons (Fsp3) is 0.500. The molecule has 2 rings (SSSR count). The SMILES string of the molecule is COc1ccccc1-n1cnnc1SC(C)C(=O)N(C(C)C)C(C)C. The van der Waals surface area contributed by atoms with Crippen LogP contribution in [0.1, 0.15) is 34.6 Å². The molecule has 0 fully saturated rings. The normalized spacial score (nSPS) is 12.5. The lowest BCUT2D eigenvalue weighted by molar-refractivity contribution is -0.133. The summed E-state index contributed by atoms with van der Waals surface area (Å²) in [5.74, 6) is 0.832. The minimum atomic E-state index is -0.262. The topological polar surface area (TPSA) is 60.2 Å². The maximum absolute atomic E-state index is 12.8. The van der Waals surface area contributed by atoms with E-state index in [0.29, 0.717) is 5.16 Å². The minimum absolute atomic E-state index is 0.101. The van der Waals surface area contributed by atoms with Crippen molar-refractivity contribution >= 4 is 17.7 Å². The van der Waals surface area contributed by atoms with Gasteiger partial charge in [-0.2, -0.15) is 0 Å². The van der Waals surface area contributed by atoms with Gasteiger partial charge in [-0.15, -0.1) is 10.2 Å². The Morgan fingerprint density at radius 3 is 2.40 bits per heavy atom. The highest BCUT2D eigenvalue weighted by atomic mass is 32.2. The van der Waals surface area contributed by atoms with E-state index >= 15 is 0 Å². The third-order valence-electron chi connectivity index (χ3n) is 3.86. The van der Waals surface area contributed by atoms with Crippen LogP contribution in [0, 0.1) is 0 Å². The van der Waals surface area contributed by atoms with Gasteiger partial charge in [0.2, 0.25) is 5.91 Å². The van der Waals surface area contributed by atoms with E-state index in [1.165, 1.54) is 11.8 Å². The smallest absolute Gasteiger partial charge is 0.236 e. The van der Waals surface area contributed by atoms with Crippen molar-refractivity contribution in [2.45, 2.75) is 57.1 Å². The van der Waals surface area contributed by atoms with E-state index in [9.17, 15) is 4.79 Å². The zero-order chi connectivity index (χ0) is 18.6. The molecule has 0 saturated heterocycles. The van der Waals surface area contributed by atoms with E-state index in [0.717, 1.165) is 11.4 Å². The second kappa shape index (κ2) is 8.38. The number of rotatable bonds is 7. The molecule has 0 aliphatic carbocycles. The Morgan fingerprint density at radius 2 is 1.80 bits per heavy atom. The molecule has 0 N–H and O–H groups in total. The number of ether oxygens (including phenoxy) is 1. The quantitative estimate of drug-likeness (QED) is 0.707. The van der Waals surface area contributed by atoms with Crippen LogP contribution in [0.2, 0.25) is 0 Å². The molecular formula is C18H26N4O2S. The number of nitrogens with zero attached hydrogens (tertiary/aromatic N) is 4. The predicted molar refractivity (Wildman–Crippen MR) is 100 cm³/mol. The van der Waals surface area contributed by atoms with Gasteiger partial charge in [-0.1, -0.05) is 23.9 Å². The average molecular weight is 362 g/mol. The molecule has 7 heteroatoms. The van der Waals surface area contributed by atoms with E-state index in [4.69, 9.17) is 4.74 Å². The first-order valence-corrected chi connectivity index (χ1v) is 9.27. The van der Waals surface area contributed by atoms with Gasteiger partial charge in [-0.3, -0.25) is 9.36 Å². The third-order valence-corrected chi connectivity index (χ3v) is 4.90. The highest BCUT2D eigenvalue weighted by Gasteiger charge is 2.27. The van der Waals surface area contributed by atoms with Gasteiger partial charge in [0.15, 0.2) is 5.16 Å². The Morgan fingerprint density at radius 1 is 1.16 bits per heavy atom. The number of carbonyl (C=O) groups excluding carboxylic acids is 1. The van der Waals surface area contributed by atoms with Crippen LogP contribution >= 0.6 is 11.8 Å². The molecule has 0 radical (unpaired) electrons. The Kier molecular flexibility index (Phi) is 6.47. The van der Waals surface area contributed by atoms with Crippen LogP contribution in [-0.4, -0.2) is 50.0 Å². The number of aromatic nitrogens is 3. The van der Waals surface area contributed by atoms with Gasteiger partial charge < -0.3 is 9.64 Å². The number of amides is 1. The van der Waals surface area contributed by atoms with E-state index in [1.54, 1.807) is 13.4 Å². The first-order valence-electron chi connectivity index (χ1n) is 8.39. The molecule has 1 amide bonds. The van der Waals surface area contributed by atoms with Gasteiger partial charge in [0.05, 0.1) is 18.0 Å². The molecule has 0 aliphatic heterocycles. The minimum Gasteiger partial charge on any atom is -0.495 e. The van der Waals surface area contributed by atoms with E-state index in [2.05, 4.69) is 10.2 Å². The molecule has 136 valence electrons. The molecule has 25 heavy (non-hydrogen) atoms. The van der Waals surface area contributed by atoms with Crippen LogP contribution in [0.3, 0.4) is 0 Å². The van der Waals surface area contributed by atoms with Crippen molar-refractivity contribution < 1.29 is 9.53 Å². The summed E-state index contributed by atoms with van der Waals surface area (Å²) in [6.45, 7) is 10.0. The van der Waals surface area contributed by atoms with Gasteiger partial charge in [0, 0.05) is 12.1 Å². The van der Waals surface area contributed by atoms with Crippen LogP contribution in [0.5, 0.6) is 5.75 Å². The summed E-state index contributed by atoms with van der Waals surface area (Å²) in [7, 11) is 1.63. The third kappa shape index (κ3) is 4.34. The molecule has 6 nitrogen and oxygen atoms in total. The molecule has 2 aromatic rings. The summed E-state index contributed by atoms with van der Waals surface area (Å²) in [6, 6.07) is 7.98. The molecule has 0 aliphatic rings. The van der Waals surface area contributed by atoms with Gasteiger partial charge in [0.1, 0.15) is 12.1 Å². The van der Waals surface area contributed by atoms with Crippen LogP contribution in [0.4, 0.5) is 0 Å². The van der Waals surface area contributed by atoms with Crippen molar-refractivity contribution in [1.29, 1.82) is 0 Å². The molecule has 1 atom stereocenters. The molecule has 0 saturated carbocycles. The predicted octanol–water partition coefficient (Wildman–Crippen LogP) is 3.40. The Hall–Kier alpha value is -2.02. The molecule has 1 aromatic carbocycles. The van der Waals surface area contributed by atoms with Crippen LogP contribution in [-0.2, 0) is 4.79 Å². The monoisotopic (exact) mass is 362 g/mol. The maximum Gasteiger partial charge on any atom is 0.236 e. The number of thioether (sulfide) groups is 1. The standard InChI is InChI=1S/C18H26N4O2S/c1-12(2)22(13(3)4)17(23)14(5)25-18-20-19-11-21(18)15-9-7-8-10-16(15)24-6/h7-14H,1-6H3. The molecule has 0 bridgehead atoms. The highest BCUT2D eigenvalue weighted by molar-refractivity contribution is 8.00. The second-order valence-electron chi connectivity index (χ2n) is 6.35. The van der Waals surface area contributed by atoms with Crippen molar-refractivity contribution in [3.05, 3.63) is 30.6 Å². The van der Waals surface area contributed by atoms with Gasteiger partial charge >= 0.3 is 0 Å². The summed E-state index contributed by atoms with van der Waals surface area (Å²) in [5, 5.41) is 8.61. The molecular weight excluding hydrogens is 336 g/mol. The summed E-state index contributed by atoms with van der Waals surface area (Å²) in [6.07, 6.45) is 1.64. The summed E-state index contributed by atoms with van der Waals surface area (Å²) in [5.41, 5.74) is 0.849. The first kappa shape index (κ1) is 19.3. The Labute approximate surface area is 153 Å². The second-order valence-corrected chi connectivity index (χ2v) is 7.66.